The quantitative estimate of drug-likeness (QED) is 0.758. The van der Waals surface area contributed by atoms with Gasteiger partial charge in [-0.1, -0.05) is 48.5 Å². The first-order valence-electron chi connectivity index (χ1n) is 8.07. The number of fused-ring (bicyclic) bond motifs is 1. The zero-order valence-electron chi connectivity index (χ0n) is 13.8. The standard InChI is InChI=1S/C20H22N2O/c1-4-22-18-13-9-8-12-17(18)14(2)19(22)20(23)21-15(3)16-10-6-5-7-11-16/h5-13,15H,4H2,1-3H3,(H,21,23). The van der Waals surface area contributed by atoms with E-state index in [0.29, 0.717) is 0 Å². The molecular weight excluding hydrogens is 284 g/mol. The van der Waals surface area contributed by atoms with Gasteiger partial charge >= 0.3 is 0 Å². The van der Waals surface area contributed by atoms with Crippen molar-refractivity contribution >= 4 is 16.8 Å². The van der Waals surface area contributed by atoms with Gasteiger partial charge < -0.3 is 9.88 Å². The third-order valence-corrected chi connectivity index (χ3v) is 4.40. The van der Waals surface area contributed by atoms with E-state index >= 15 is 0 Å². The Kier molecular flexibility index (Phi) is 4.20. The summed E-state index contributed by atoms with van der Waals surface area (Å²) < 4.78 is 2.09. The molecule has 3 nitrogen and oxygen atoms in total. The summed E-state index contributed by atoms with van der Waals surface area (Å²) in [5.74, 6) is -0.0168. The number of hydrogen-bond donors (Lipinski definition) is 1. The summed E-state index contributed by atoms with van der Waals surface area (Å²) in [5.41, 5.74) is 4.03. The van der Waals surface area contributed by atoms with Crippen LogP contribution in [0, 0.1) is 6.92 Å². The number of rotatable bonds is 4. The highest BCUT2D eigenvalue weighted by atomic mass is 16.2. The highest BCUT2D eigenvalue weighted by molar-refractivity contribution is 6.01. The minimum atomic E-state index is -0.0218. The molecule has 1 amide bonds. The van der Waals surface area contributed by atoms with E-state index in [1.165, 1.54) is 0 Å². The lowest BCUT2D eigenvalue weighted by Gasteiger charge is -2.16. The van der Waals surface area contributed by atoms with Crippen molar-refractivity contribution in [3.63, 3.8) is 0 Å². The normalized spacial score (nSPS) is 12.3. The van der Waals surface area contributed by atoms with E-state index in [4.69, 9.17) is 0 Å². The van der Waals surface area contributed by atoms with Crippen LogP contribution in [0.5, 0.6) is 0 Å². The highest BCUT2D eigenvalue weighted by Gasteiger charge is 2.20. The molecule has 0 bridgehead atoms. The summed E-state index contributed by atoms with van der Waals surface area (Å²) in [4.78, 5) is 12.9. The summed E-state index contributed by atoms with van der Waals surface area (Å²) in [6.07, 6.45) is 0. The van der Waals surface area contributed by atoms with E-state index in [2.05, 4.69) is 28.9 Å². The molecule has 0 aliphatic carbocycles. The maximum absolute atomic E-state index is 12.9. The molecule has 1 N–H and O–H groups in total. The fourth-order valence-corrected chi connectivity index (χ4v) is 3.19. The van der Waals surface area contributed by atoms with E-state index in [-0.39, 0.29) is 11.9 Å². The van der Waals surface area contributed by atoms with E-state index in [0.717, 1.165) is 34.3 Å². The molecule has 23 heavy (non-hydrogen) atoms. The van der Waals surface area contributed by atoms with Crippen molar-refractivity contribution in [3.8, 4) is 0 Å². The van der Waals surface area contributed by atoms with Crippen molar-refractivity contribution in [2.24, 2.45) is 0 Å². The summed E-state index contributed by atoms with van der Waals surface area (Å²) in [6, 6.07) is 18.2. The van der Waals surface area contributed by atoms with Gasteiger partial charge in [0.2, 0.25) is 0 Å². The molecule has 1 atom stereocenters. The Bertz CT molecular complexity index is 833. The Hall–Kier alpha value is -2.55. The first-order chi connectivity index (χ1) is 11.1. The fourth-order valence-electron chi connectivity index (χ4n) is 3.19. The Morgan fingerprint density at radius 3 is 2.43 bits per heavy atom. The maximum atomic E-state index is 12.9. The molecule has 0 saturated heterocycles. The van der Waals surface area contributed by atoms with Crippen LogP contribution in [0.4, 0.5) is 0 Å². The number of aryl methyl sites for hydroxylation is 2. The van der Waals surface area contributed by atoms with Crippen molar-refractivity contribution in [2.75, 3.05) is 0 Å². The molecule has 0 fully saturated rings. The average Bonchev–Trinajstić information content (AvgIpc) is 2.88. The van der Waals surface area contributed by atoms with Gasteiger partial charge in [-0.3, -0.25) is 4.79 Å². The zero-order chi connectivity index (χ0) is 16.4. The molecule has 3 heteroatoms. The smallest absolute Gasteiger partial charge is 0.268 e. The van der Waals surface area contributed by atoms with Crippen LogP contribution in [0.3, 0.4) is 0 Å². The Morgan fingerprint density at radius 2 is 1.74 bits per heavy atom. The molecule has 1 aromatic heterocycles. The second-order valence-corrected chi connectivity index (χ2v) is 5.84. The van der Waals surface area contributed by atoms with Gasteiger partial charge in [-0.05, 0) is 38.0 Å². The molecule has 0 radical (unpaired) electrons. The molecule has 1 heterocycles. The summed E-state index contributed by atoms with van der Waals surface area (Å²) >= 11 is 0. The largest absolute Gasteiger partial charge is 0.344 e. The first kappa shape index (κ1) is 15.3. The summed E-state index contributed by atoms with van der Waals surface area (Å²) in [7, 11) is 0. The van der Waals surface area contributed by atoms with Gasteiger partial charge in [0.25, 0.3) is 5.91 Å². The van der Waals surface area contributed by atoms with Gasteiger partial charge in [-0.25, -0.2) is 0 Å². The maximum Gasteiger partial charge on any atom is 0.268 e. The number of para-hydroxylation sites is 1. The predicted molar refractivity (Wildman–Crippen MR) is 94.7 cm³/mol. The Morgan fingerprint density at radius 1 is 1.09 bits per heavy atom. The van der Waals surface area contributed by atoms with Crippen LogP contribution in [0.1, 0.15) is 41.5 Å². The van der Waals surface area contributed by atoms with Crippen molar-refractivity contribution < 1.29 is 4.79 Å². The molecule has 0 aliphatic heterocycles. The molecule has 0 saturated carbocycles. The summed E-state index contributed by atoms with van der Waals surface area (Å²) in [5, 5.41) is 4.27. The Balaban J connectivity index is 1.96. The Labute approximate surface area is 136 Å². The lowest BCUT2D eigenvalue weighted by molar-refractivity contribution is 0.0930. The van der Waals surface area contributed by atoms with E-state index < -0.39 is 0 Å². The monoisotopic (exact) mass is 306 g/mol. The fraction of sp³-hybridized carbons (Fsp3) is 0.250. The SMILES string of the molecule is CCn1c(C(=O)NC(C)c2ccccc2)c(C)c2ccccc21. The van der Waals surface area contributed by atoms with Gasteiger partial charge in [0.05, 0.1) is 6.04 Å². The van der Waals surface area contributed by atoms with Crippen molar-refractivity contribution in [3.05, 3.63) is 71.4 Å². The molecule has 2 aromatic carbocycles. The third kappa shape index (κ3) is 2.74. The van der Waals surface area contributed by atoms with Crippen molar-refractivity contribution in [1.29, 1.82) is 0 Å². The zero-order valence-corrected chi connectivity index (χ0v) is 13.8. The molecule has 0 spiro atoms. The number of benzene rings is 2. The van der Waals surface area contributed by atoms with Crippen LogP contribution in [-0.2, 0) is 6.54 Å². The molecule has 3 aromatic rings. The van der Waals surface area contributed by atoms with Crippen LogP contribution in [0.2, 0.25) is 0 Å². The number of nitrogens with zero attached hydrogens (tertiary/aromatic N) is 1. The number of carbonyl (C=O) groups excluding carboxylic acids is 1. The van der Waals surface area contributed by atoms with Crippen molar-refractivity contribution in [2.45, 2.75) is 33.4 Å². The summed E-state index contributed by atoms with van der Waals surface area (Å²) in [6.45, 7) is 6.89. The number of nitrogens with one attached hydrogen (secondary N) is 1. The van der Waals surface area contributed by atoms with Gasteiger partial charge in [0, 0.05) is 17.4 Å². The van der Waals surface area contributed by atoms with E-state index in [1.54, 1.807) is 0 Å². The second kappa shape index (κ2) is 6.29. The van der Waals surface area contributed by atoms with Gasteiger partial charge in [0.15, 0.2) is 0 Å². The highest BCUT2D eigenvalue weighted by Crippen LogP contribution is 2.26. The van der Waals surface area contributed by atoms with Gasteiger partial charge in [0.1, 0.15) is 5.69 Å². The number of aromatic nitrogens is 1. The first-order valence-corrected chi connectivity index (χ1v) is 8.07. The molecule has 118 valence electrons. The number of amides is 1. The third-order valence-electron chi connectivity index (χ3n) is 4.40. The molecular formula is C20H22N2O. The molecule has 1 unspecified atom stereocenters. The van der Waals surface area contributed by atoms with E-state index in [1.807, 2.05) is 56.3 Å². The van der Waals surface area contributed by atoms with Gasteiger partial charge in [-0.2, -0.15) is 0 Å². The minimum absolute atomic E-state index is 0.0168. The van der Waals surface area contributed by atoms with Crippen LogP contribution in [-0.4, -0.2) is 10.5 Å². The second-order valence-electron chi connectivity index (χ2n) is 5.84. The van der Waals surface area contributed by atoms with E-state index in [9.17, 15) is 4.79 Å². The van der Waals surface area contributed by atoms with Crippen LogP contribution < -0.4 is 5.32 Å². The minimum Gasteiger partial charge on any atom is -0.344 e. The molecule has 0 aliphatic rings. The van der Waals surface area contributed by atoms with Crippen LogP contribution in [0.25, 0.3) is 10.9 Å². The topological polar surface area (TPSA) is 34.0 Å². The predicted octanol–water partition coefficient (Wildman–Crippen LogP) is 4.46. The number of hydrogen-bond acceptors (Lipinski definition) is 1. The van der Waals surface area contributed by atoms with Crippen LogP contribution in [0.15, 0.2) is 54.6 Å². The van der Waals surface area contributed by atoms with Gasteiger partial charge in [-0.15, -0.1) is 0 Å². The van der Waals surface area contributed by atoms with Crippen LogP contribution >= 0.6 is 0 Å². The average molecular weight is 306 g/mol. The molecule has 3 rings (SSSR count). The van der Waals surface area contributed by atoms with Crippen molar-refractivity contribution in [1.82, 2.24) is 9.88 Å². The lowest BCUT2D eigenvalue weighted by atomic mass is 10.1. The lowest BCUT2D eigenvalue weighted by Crippen LogP contribution is -2.29. The number of carbonyl (C=O) groups is 1.